The Hall–Kier alpha value is -1.06. The third-order valence-electron chi connectivity index (χ3n) is 2.81. The fraction of sp³-hybridized carbons (Fsp3) is 0.417. The van der Waals surface area contributed by atoms with Gasteiger partial charge in [0.1, 0.15) is 5.54 Å². The van der Waals surface area contributed by atoms with Crippen LogP contribution in [0.1, 0.15) is 18.9 Å². The van der Waals surface area contributed by atoms with Crippen molar-refractivity contribution in [3.8, 4) is 0 Å². The molecule has 0 amide bonds. The molecule has 0 aliphatic heterocycles. The second kappa shape index (κ2) is 5.32. The highest BCUT2D eigenvalue weighted by Gasteiger charge is 2.38. The Bertz CT molecular complexity index is 375. The lowest BCUT2D eigenvalue weighted by molar-refractivity contribution is -0.149. The predicted octanol–water partition coefficient (Wildman–Crippen LogP) is 2.34. The van der Waals surface area contributed by atoms with Gasteiger partial charge >= 0.3 is 5.97 Å². The number of carbonyl (C=O) groups excluding carboxylic acids is 1. The molecule has 1 unspecified atom stereocenters. The van der Waals surface area contributed by atoms with Crippen LogP contribution in [0.5, 0.6) is 0 Å². The minimum atomic E-state index is -0.820. The first-order valence-electron chi connectivity index (χ1n) is 5.14. The van der Waals surface area contributed by atoms with Crippen LogP contribution in [0.4, 0.5) is 0 Å². The van der Waals surface area contributed by atoms with Crippen molar-refractivity contribution in [1.29, 1.82) is 0 Å². The SMILES string of the molecule is CCC(NC)(C(=O)OC)c1cccc(Cl)c1. The lowest BCUT2D eigenvalue weighted by Crippen LogP contribution is -2.47. The molecule has 88 valence electrons. The van der Waals surface area contributed by atoms with Crippen molar-refractivity contribution >= 4 is 17.6 Å². The second-order valence-electron chi connectivity index (χ2n) is 3.51. The average molecular weight is 242 g/mol. The van der Waals surface area contributed by atoms with E-state index in [1.54, 1.807) is 19.2 Å². The van der Waals surface area contributed by atoms with Crippen molar-refractivity contribution < 1.29 is 9.53 Å². The summed E-state index contributed by atoms with van der Waals surface area (Å²) in [4.78, 5) is 11.9. The standard InChI is InChI=1S/C12H16ClNO2/c1-4-12(14-2,11(15)16-3)9-6-5-7-10(13)8-9/h5-8,14H,4H2,1-3H3. The van der Waals surface area contributed by atoms with Crippen LogP contribution in [-0.4, -0.2) is 20.1 Å². The first-order valence-corrected chi connectivity index (χ1v) is 5.52. The van der Waals surface area contributed by atoms with Gasteiger partial charge in [-0.2, -0.15) is 0 Å². The molecule has 0 aliphatic carbocycles. The number of methoxy groups -OCH3 is 1. The molecular weight excluding hydrogens is 226 g/mol. The zero-order valence-corrected chi connectivity index (χ0v) is 10.5. The Morgan fingerprint density at radius 2 is 2.25 bits per heavy atom. The molecule has 16 heavy (non-hydrogen) atoms. The van der Waals surface area contributed by atoms with E-state index >= 15 is 0 Å². The van der Waals surface area contributed by atoms with E-state index in [9.17, 15) is 4.79 Å². The smallest absolute Gasteiger partial charge is 0.330 e. The van der Waals surface area contributed by atoms with Gasteiger partial charge in [0, 0.05) is 5.02 Å². The van der Waals surface area contributed by atoms with Crippen molar-refractivity contribution in [2.75, 3.05) is 14.2 Å². The molecule has 1 N–H and O–H groups in total. The molecule has 1 rings (SSSR count). The number of carbonyl (C=O) groups is 1. The third kappa shape index (κ3) is 2.20. The highest BCUT2D eigenvalue weighted by Crippen LogP contribution is 2.28. The number of rotatable bonds is 4. The normalized spacial score (nSPS) is 14.2. The van der Waals surface area contributed by atoms with E-state index in [1.807, 2.05) is 19.1 Å². The molecule has 4 heteroatoms. The molecule has 3 nitrogen and oxygen atoms in total. The molecular formula is C12H16ClNO2. The minimum Gasteiger partial charge on any atom is -0.467 e. The van der Waals surface area contributed by atoms with Gasteiger partial charge in [-0.05, 0) is 31.2 Å². The van der Waals surface area contributed by atoms with E-state index in [0.717, 1.165) is 5.56 Å². The monoisotopic (exact) mass is 241 g/mol. The Morgan fingerprint density at radius 3 is 2.69 bits per heavy atom. The lowest BCUT2D eigenvalue weighted by atomic mass is 9.87. The lowest BCUT2D eigenvalue weighted by Gasteiger charge is -2.30. The van der Waals surface area contributed by atoms with Gasteiger partial charge in [0.05, 0.1) is 7.11 Å². The summed E-state index contributed by atoms with van der Waals surface area (Å²) in [7, 11) is 3.12. The summed E-state index contributed by atoms with van der Waals surface area (Å²) in [5.41, 5.74) is -0.00326. The Balaban J connectivity index is 3.25. The molecule has 1 aromatic carbocycles. The Kier molecular flexibility index (Phi) is 4.33. The van der Waals surface area contributed by atoms with Crippen molar-refractivity contribution in [1.82, 2.24) is 5.32 Å². The number of nitrogens with one attached hydrogen (secondary N) is 1. The first-order chi connectivity index (χ1) is 7.60. The molecule has 0 spiro atoms. The molecule has 0 bridgehead atoms. The van der Waals surface area contributed by atoms with Gasteiger partial charge in [0.15, 0.2) is 0 Å². The van der Waals surface area contributed by atoms with Gasteiger partial charge in [-0.15, -0.1) is 0 Å². The van der Waals surface area contributed by atoms with E-state index in [2.05, 4.69) is 5.32 Å². The van der Waals surface area contributed by atoms with Crippen molar-refractivity contribution in [2.24, 2.45) is 0 Å². The maximum Gasteiger partial charge on any atom is 0.330 e. The minimum absolute atomic E-state index is 0.306. The first kappa shape index (κ1) is 13.0. The van der Waals surface area contributed by atoms with Crippen LogP contribution in [-0.2, 0) is 15.1 Å². The number of ether oxygens (including phenoxy) is 1. The van der Waals surface area contributed by atoms with E-state index < -0.39 is 5.54 Å². The van der Waals surface area contributed by atoms with E-state index in [-0.39, 0.29) is 5.97 Å². The maximum absolute atomic E-state index is 11.9. The zero-order chi connectivity index (χ0) is 12.2. The maximum atomic E-state index is 11.9. The number of likely N-dealkylation sites (N-methyl/N-ethyl adjacent to an activating group) is 1. The van der Waals surface area contributed by atoms with E-state index in [0.29, 0.717) is 11.4 Å². The van der Waals surface area contributed by atoms with Crippen LogP contribution in [0, 0.1) is 0 Å². The molecule has 1 aromatic rings. The molecule has 0 saturated carbocycles. The molecule has 0 heterocycles. The topological polar surface area (TPSA) is 38.3 Å². The second-order valence-corrected chi connectivity index (χ2v) is 3.95. The van der Waals surface area contributed by atoms with Gasteiger partial charge in [0.25, 0.3) is 0 Å². The van der Waals surface area contributed by atoms with Crippen molar-refractivity contribution in [3.05, 3.63) is 34.9 Å². The summed E-state index contributed by atoms with van der Waals surface area (Å²) >= 11 is 5.93. The van der Waals surface area contributed by atoms with Crippen LogP contribution in [0.25, 0.3) is 0 Å². The van der Waals surface area contributed by atoms with Gasteiger partial charge in [-0.25, -0.2) is 4.79 Å². The van der Waals surface area contributed by atoms with Crippen LogP contribution >= 0.6 is 11.6 Å². The van der Waals surface area contributed by atoms with Crippen LogP contribution < -0.4 is 5.32 Å². The number of benzene rings is 1. The number of hydrogen-bond acceptors (Lipinski definition) is 3. The van der Waals surface area contributed by atoms with Gasteiger partial charge < -0.3 is 10.1 Å². The molecule has 0 saturated heterocycles. The van der Waals surface area contributed by atoms with E-state index in [4.69, 9.17) is 16.3 Å². The predicted molar refractivity (Wildman–Crippen MR) is 64.5 cm³/mol. The fourth-order valence-electron chi connectivity index (χ4n) is 1.82. The molecule has 0 radical (unpaired) electrons. The number of halogens is 1. The molecule has 0 aliphatic rings. The van der Waals surface area contributed by atoms with Crippen LogP contribution in [0.3, 0.4) is 0 Å². The molecule has 0 aromatic heterocycles. The zero-order valence-electron chi connectivity index (χ0n) is 9.71. The highest BCUT2D eigenvalue weighted by atomic mass is 35.5. The van der Waals surface area contributed by atoms with Gasteiger partial charge in [-0.1, -0.05) is 30.7 Å². The summed E-state index contributed by atoms with van der Waals surface area (Å²) < 4.78 is 4.85. The molecule has 1 atom stereocenters. The Labute approximate surface area is 101 Å². The third-order valence-corrected chi connectivity index (χ3v) is 3.04. The molecule has 0 fully saturated rings. The summed E-state index contributed by atoms with van der Waals surface area (Å²) in [6.45, 7) is 1.92. The number of hydrogen-bond donors (Lipinski definition) is 1. The summed E-state index contributed by atoms with van der Waals surface area (Å²) in [5.74, 6) is -0.306. The van der Waals surface area contributed by atoms with Crippen LogP contribution in [0.15, 0.2) is 24.3 Å². The number of esters is 1. The fourth-order valence-corrected chi connectivity index (χ4v) is 2.01. The van der Waals surface area contributed by atoms with Crippen molar-refractivity contribution in [2.45, 2.75) is 18.9 Å². The Morgan fingerprint density at radius 1 is 1.56 bits per heavy atom. The average Bonchev–Trinajstić information content (AvgIpc) is 2.31. The summed E-state index contributed by atoms with van der Waals surface area (Å²) in [6, 6.07) is 7.24. The largest absolute Gasteiger partial charge is 0.467 e. The van der Waals surface area contributed by atoms with E-state index in [1.165, 1.54) is 7.11 Å². The van der Waals surface area contributed by atoms with Crippen LogP contribution in [0.2, 0.25) is 5.02 Å². The van der Waals surface area contributed by atoms with Gasteiger partial charge in [-0.3, -0.25) is 0 Å². The summed E-state index contributed by atoms with van der Waals surface area (Å²) in [5, 5.41) is 3.63. The van der Waals surface area contributed by atoms with Crippen molar-refractivity contribution in [3.63, 3.8) is 0 Å². The van der Waals surface area contributed by atoms with Gasteiger partial charge in [0.2, 0.25) is 0 Å². The summed E-state index contributed by atoms with van der Waals surface area (Å²) in [6.07, 6.45) is 0.594. The highest BCUT2D eigenvalue weighted by molar-refractivity contribution is 6.30. The quantitative estimate of drug-likeness (QED) is 0.823.